The zero-order chi connectivity index (χ0) is 12.3. The van der Waals surface area contributed by atoms with E-state index in [0.29, 0.717) is 10.0 Å². The van der Waals surface area contributed by atoms with E-state index in [1.54, 1.807) is 38.1 Å². The van der Waals surface area contributed by atoms with Crippen molar-refractivity contribution in [3.8, 4) is 0 Å². The number of carbonyl (C=O) groups excluding carboxylic acids is 2. The summed E-state index contributed by atoms with van der Waals surface area (Å²) < 4.78 is 0.674. The van der Waals surface area contributed by atoms with Gasteiger partial charge in [-0.1, -0.05) is 12.1 Å². The summed E-state index contributed by atoms with van der Waals surface area (Å²) in [7, 11) is 0. The molecule has 3 N–H and O–H groups in total. The molecule has 0 saturated heterocycles. The van der Waals surface area contributed by atoms with E-state index >= 15 is 0 Å². The van der Waals surface area contributed by atoms with Crippen molar-refractivity contribution in [1.29, 1.82) is 0 Å². The molecule has 0 saturated carbocycles. The van der Waals surface area contributed by atoms with E-state index < -0.39 is 11.4 Å². The third kappa shape index (κ3) is 2.82. The highest BCUT2D eigenvalue weighted by molar-refractivity contribution is 9.10. The summed E-state index contributed by atoms with van der Waals surface area (Å²) in [4.78, 5) is 22.9. The van der Waals surface area contributed by atoms with Crippen LogP contribution in [0.1, 0.15) is 24.2 Å². The lowest BCUT2D eigenvalue weighted by Gasteiger charge is -2.22. The molecule has 1 aromatic carbocycles. The van der Waals surface area contributed by atoms with Crippen molar-refractivity contribution in [3.63, 3.8) is 0 Å². The SMILES string of the molecule is CC(C)(NC(=O)c1ccccc1Br)C(N)=O. The Balaban J connectivity index is 2.89. The standard InChI is InChI=1S/C11H13BrN2O2/c1-11(2,10(13)16)14-9(15)7-5-3-4-6-8(7)12/h3-6H,1-2H3,(H2,13,16)(H,14,15). The fourth-order valence-corrected chi connectivity index (χ4v) is 1.52. The summed E-state index contributed by atoms with van der Waals surface area (Å²) in [5, 5.41) is 2.57. The summed E-state index contributed by atoms with van der Waals surface area (Å²) in [5.41, 5.74) is 4.58. The minimum absolute atomic E-state index is 0.337. The van der Waals surface area contributed by atoms with Crippen LogP contribution in [0.3, 0.4) is 0 Å². The number of nitrogens with two attached hydrogens (primary N) is 1. The molecule has 5 heteroatoms. The van der Waals surface area contributed by atoms with Gasteiger partial charge in [-0.15, -0.1) is 0 Å². The third-order valence-electron chi connectivity index (χ3n) is 2.16. The van der Waals surface area contributed by atoms with Crippen LogP contribution in [0, 0.1) is 0 Å². The van der Waals surface area contributed by atoms with Gasteiger partial charge in [0.05, 0.1) is 5.56 Å². The highest BCUT2D eigenvalue weighted by atomic mass is 79.9. The lowest BCUT2D eigenvalue weighted by molar-refractivity contribution is -0.122. The van der Waals surface area contributed by atoms with E-state index in [4.69, 9.17) is 5.73 Å². The smallest absolute Gasteiger partial charge is 0.253 e. The first-order valence-electron chi connectivity index (χ1n) is 4.71. The monoisotopic (exact) mass is 284 g/mol. The van der Waals surface area contributed by atoms with Crippen molar-refractivity contribution in [2.45, 2.75) is 19.4 Å². The van der Waals surface area contributed by atoms with Gasteiger partial charge in [0.1, 0.15) is 5.54 Å². The number of halogens is 1. The van der Waals surface area contributed by atoms with Crippen LogP contribution in [-0.2, 0) is 4.79 Å². The van der Waals surface area contributed by atoms with Crippen molar-refractivity contribution < 1.29 is 9.59 Å². The van der Waals surface area contributed by atoms with Crippen molar-refractivity contribution in [2.24, 2.45) is 5.73 Å². The second kappa shape index (κ2) is 4.65. The lowest BCUT2D eigenvalue weighted by Crippen LogP contribution is -2.53. The van der Waals surface area contributed by atoms with E-state index in [-0.39, 0.29) is 5.91 Å². The Morgan fingerprint density at radius 2 is 1.88 bits per heavy atom. The number of hydrogen-bond acceptors (Lipinski definition) is 2. The second-order valence-electron chi connectivity index (χ2n) is 3.92. The molecule has 16 heavy (non-hydrogen) atoms. The third-order valence-corrected chi connectivity index (χ3v) is 2.85. The number of benzene rings is 1. The van der Waals surface area contributed by atoms with Crippen LogP contribution in [0.15, 0.2) is 28.7 Å². The van der Waals surface area contributed by atoms with Gasteiger partial charge >= 0.3 is 0 Å². The number of hydrogen-bond donors (Lipinski definition) is 2. The molecule has 0 heterocycles. The Labute approximate surface area is 102 Å². The molecule has 0 fully saturated rings. The first kappa shape index (κ1) is 12.7. The molecule has 0 spiro atoms. The molecule has 2 amide bonds. The summed E-state index contributed by atoms with van der Waals surface area (Å²) in [5.74, 6) is -0.913. The first-order valence-corrected chi connectivity index (χ1v) is 5.51. The molecule has 0 aromatic heterocycles. The second-order valence-corrected chi connectivity index (χ2v) is 4.78. The molecule has 0 aliphatic carbocycles. The Morgan fingerprint density at radius 1 is 1.31 bits per heavy atom. The fraction of sp³-hybridized carbons (Fsp3) is 0.273. The van der Waals surface area contributed by atoms with Crippen LogP contribution < -0.4 is 11.1 Å². The van der Waals surface area contributed by atoms with E-state index in [1.165, 1.54) is 0 Å². The van der Waals surface area contributed by atoms with E-state index in [9.17, 15) is 9.59 Å². The Morgan fingerprint density at radius 3 is 2.38 bits per heavy atom. The fourth-order valence-electron chi connectivity index (χ4n) is 1.06. The molecule has 0 aliphatic rings. The van der Waals surface area contributed by atoms with Gasteiger partial charge in [0.2, 0.25) is 5.91 Å². The molecule has 0 radical (unpaired) electrons. The van der Waals surface area contributed by atoms with E-state index in [1.807, 2.05) is 0 Å². The maximum atomic E-state index is 11.8. The summed E-state index contributed by atoms with van der Waals surface area (Å²) in [6.07, 6.45) is 0. The molecule has 0 bridgehead atoms. The van der Waals surface area contributed by atoms with Crippen LogP contribution in [0.25, 0.3) is 0 Å². The van der Waals surface area contributed by atoms with Crippen molar-refractivity contribution >= 4 is 27.7 Å². The highest BCUT2D eigenvalue weighted by Gasteiger charge is 2.27. The number of rotatable bonds is 3. The Bertz CT molecular complexity index is 430. The van der Waals surface area contributed by atoms with Gasteiger partial charge in [-0.25, -0.2) is 0 Å². The van der Waals surface area contributed by atoms with Crippen LogP contribution in [0.4, 0.5) is 0 Å². The highest BCUT2D eigenvalue weighted by Crippen LogP contribution is 2.16. The minimum Gasteiger partial charge on any atom is -0.368 e. The van der Waals surface area contributed by atoms with Crippen LogP contribution in [-0.4, -0.2) is 17.4 Å². The van der Waals surface area contributed by atoms with Gasteiger partial charge in [0.25, 0.3) is 5.91 Å². The summed E-state index contributed by atoms with van der Waals surface area (Å²) >= 11 is 3.26. The van der Waals surface area contributed by atoms with Gasteiger partial charge in [0.15, 0.2) is 0 Å². The van der Waals surface area contributed by atoms with Gasteiger partial charge in [0, 0.05) is 4.47 Å². The first-order chi connectivity index (χ1) is 7.34. The molecule has 4 nitrogen and oxygen atoms in total. The average Bonchev–Trinajstić information content (AvgIpc) is 2.17. The van der Waals surface area contributed by atoms with Gasteiger partial charge in [-0.05, 0) is 41.9 Å². The van der Waals surface area contributed by atoms with Crippen LogP contribution in [0.5, 0.6) is 0 Å². The quantitative estimate of drug-likeness (QED) is 0.882. The maximum absolute atomic E-state index is 11.8. The molecular weight excluding hydrogens is 272 g/mol. The average molecular weight is 285 g/mol. The topological polar surface area (TPSA) is 72.2 Å². The van der Waals surface area contributed by atoms with Crippen molar-refractivity contribution in [2.75, 3.05) is 0 Å². The number of amides is 2. The number of carbonyl (C=O) groups is 2. The zero-order valence-electron chi connectivity index (χ0n) is 9.08. The molecule has 1 aromatic rings. The van der Waals surface area contributed by atoms with Gasteiger partial charge in [-0.3, -0.25) is 9.59 Å². The molecule has 86 valence electrons. The predicted molar refractivity (Wildman–Crippen MR) is 64.9 cm³/mol. The number of nitrogens with one attached hydrogen (secondary N) is 1. The Hall–Kier alpha value is -1.36. The van der Waals surface area contributed by atoms with Gasteiger partial charge in [-0.2, -0.15) is 0 Å². The molecule has 1 rings (SSSR count). The Kier molecular flexibility index (Phi) is 3.70. The van der Waals surface area contributed by atoms with Crippen LogP contribution >= 0.6 is 15.9 Å². The van der Waals surface area contributed by atoms with Crippen LogP contribution in [0.2, 0.25) is 0 Å². The molecule has 0 unspecified atom stereocenters. The van der Waals surface area contributed by atoms with E-state index in [2.05, 4.69) is 21.2 Å². The summed E-state index contributed by atoms with van der Waals surface area (Å²) in [6.45, 7) is 3.12. The lowest BCUT2D eigenvalue weighted by atomic mass is 10.0. The molecule has 0 atom stereocenters. The van der Waals surface area contributed by atoms with Crippen molar-refractivity contribution in [3.05, 3.63) is 34.3 Å². The number of primary amides is 1. The summed E-state index contributed by atoms with van der Waals surface area (Å²) in [6, 6.07) is 6.97. The molecule has 0 aliphatic heterocycles. The minimum atomic E-state index is -1.06. The molecular formula is C11H13BrN2O2. The van der Waals surface area contributed by atoms with Gasteiger partial charge < -0.3 is 11.1 Å². The largest absolute Gasteiger partial charge is 0.368 e. The maximum Gasteiger partial charge on any atom is 0.253 e. The predicted octanol–water partition coefficient (Wildman–Crippen LogP) is 1.44. The van der Waals surface area contributed by atoms with E-state index in [0.717, 1.165) is 0 Å². The zero-order valence-corrected chi connectivity index (χ0v) is 10.7. The van der Waals surface area contributed by atoms with Crippen molar-refractivity contribution in [1.82, 2.24) is 5.32 Å². The normalized spacial score (nSPS) is 10.9.